The van der Waals surface area contributed by atoms with Gasteiger partial charge in [-0.3, -0.25) is 4.79 Å². The lowest BCUT2D eigenvalue weighted by Gasteiger charge is -2.44. The Kier molecular flexibility index (Phi) is 6.00. The van der Waals surface area contributed by atoms with Crippen molar-refractivity contribution >= 4 is 15.9 Å². The van der Waals surface area contributed by atoms with E-state index in [2.05, 4.69) is 0 Å². The van der Waals surface area contributed by atoms with Gasteiger partial charge in [0, 0.05) is 31.2 Å². The third-order valence-corrected chi connectivity index (χ3v) is 8.48. The normalized spacial score (nSPS) is 31.3. The molecule has 1 aromatic rings. The van der Waals surface area contributed by atoms with E-state index < -0.39 is 10.0 Å². The van der Waals surface area contributed by atoms with Crippen LogP contribution in [0.25, 0.3) is 0 Å². The van der Waals surface area contributed by atoms with Crippen molar-refractivity contribution in [3.05, 3.63) is 29.8 Å². The highest BCUT2D eigenvalue weighted by molar-refractivity contribution is 7.89. The molecule has 2 saturated heterocycles. The summed E-state index contributed by atoms with van der Waals surface area (Å²) in [4.78, 5) is 15.4. The van der Waals surface area contributed by atoms with Gasteiger partial charge in [0.2, 0.25) is 10.0 Å². The first-order valence-electron chi connectivity index (χ1n) is 10.9. The van der Waals surface area contributed by atoms with Gasteiger partial charge in [0.05, 0.1) is 17.1 Å². The number of likely N-dealkylation sites (tertiary alicyclic amines) is 1. The van der Waals surface area contributed by atoms with E-state index in [1.807, 2.05) is 18.7 Å². The van der Waals surface area contributed by atoms with Crippen LogP contribution in [0, 0.1) is 5.92 Å². The molecule has 0 radical (unpaired) electrons. The minimum absolute atomic E-state index is 0.0409. The molecule has 4 atom stereocenters. The molecule has 0 unspecified atom stereocenters. The van der Waals surface area contributed by atoms with Crippen molar-refractivity contribution in [2.75, 3.05) is 19.6 Å². The van der Waals surface area contributed by atoms with Crippen LogP contribution in [0.2, 0.25) is 0 Å². The summed E-state index contributed by atoms with van der Waals surface area (Å²) in [5, 5.41) is 0. The van der Waals surface area contributed by atoms with Crippen molar-refractivity contribution in [1.29, 1.82) is 0 Å². The average molecular weight is 421 g/mol. The first-order chi connectivity index (χ1) is 13.9. The number of sulfonamides is 1. The molecule has 1 aliphatic carbocycles. The van der Waals surface area contributed by atoms with Crippen LogP contribution < -0.4 is 0 Å². The Labute approximate surface area is 174 Å². The maximum Gasteiger partial charge on any atom is 0.254 e. The maximum atomic E-state index is 13.2. The Morgan fingerprint density at radius 1 is 0.966 bits per heavy atom. The number of piperidine rings is 1. The molecule has 2 heterocycles. The number of amides is 1. The molecule has 0 bridgehead atoms. The summed E-state index contributed by atoms with van der Waals surface area (Å²) in [6.45, 7) is 5.28. The Balaban J connectivity index is 1.50. The van der Waals surface area contributed by atoms with Crippen molar-refractivity contribution in [2.24, 2.45) is 5.92 Å². The molecule has 1 saturated carbocycles. The number of fused-ring (bicyclic) bond motifs is 1. The van der Waals surface area contributed by atoms with Crippen LogP contribution in [0.4, 0.5) is 0 Å². The molecule has 1 aromatic carbocycles. The van der Waals surface area contributed by atoms with Crippen molar-refractivity contribution in [1.82, 2.24) is 9.21 Å². The first-order valence-corrected chi connectivity index (χ1v) is 12.4. The van der Waals surface area contributed by atoms with E-state index in [-0.39, 0.29) is 23.0 Å². The standard InChI is InChI=1S/C22H32N2O4S/c1-16-14-23(15-17(2)28-16)29(26,27)20-11-9-19(10-12-20)22(25)24-13-5-7-18-6-3-4-8-21(18)24/h9-12,16-18,21H,3-8,13-15H2,1-2H3/t16-,17-,18+,21-/m0/s1. The zero-order valence-electron chi connectivity index (χ0n) is 17.4. The molecule has 7 heteroatoms. The quantitative estimate of drug-likeness (QED) is 0.753. The lowest BCUT2D eigenvalue weighted by atomic mass is 9.78. The van der Waals surface area contributed by atoms with Gasteiger partial charge in [0.1, 0.15) is 0 Å². The second-order valence-electron chi connectivity index (χ2n) is 8.86. The van der Waals surface area contributed by atoms with Crippen molar-refractivity contribution < 1.29 is 17.9 Å². The van der Waals surface area contributed by atoms with Crippen LogP contribution in [0.5, 0.6) is 0 Å². The van der Waals surface area contributed by atoms with E-state index in [1.54, 1.807) is 24.3 Å². The van der Waals surface area contributed by atoms with Gasteiger partial charge in [-0.1, -0.05) is 12.8 Å². The number of benzene rings is 1. The third-order valence-electron chi connectivity index (χ3n) is 6.63. The average Bonchev–Trinajstić information content (AvgIpc) is 2.72. The topological polar surface area (TPSA) is 66.9 Å². The van der Waals surface area contributed by atoms with Gasteiger partial charge < -0.3 is 9.64 Å². The molecule has 160 valence electrons. The Morgan fingerprint density at radius 3 is 2.28 bits per heavy atom. The fraction of sp³-hybridized carbons (Fsp3) is 0.682. The van der Waals surface area contributed by atoms with Crippen molar-refractivity contribution in [3.8, 4) is 0 Å². The van der Waals surface area contributed by atoms with Crippen LogP contribution in [0.3, 0.4) is 0 Å². The maximum absolute atomic E-state index is 13.2. The summed E-state index contributed by atoms with van der Waals surface area (Å²) >= 11 is 0. The lowest BCUT2D eigenvalue weighted by molar-refractivity contribution is -0.0440. The van der Waals surface area contributed by atoms with E-state index >= 15 is 0 Å². The van der Waals surface area contributed by atoms with E-state index in [0.717, 1.165) is 19.4 Å². The van der Waals surface area contributed by atoms with E-state index in [9.17, 15) is 13.2 Å². The molecule has 3 aliphatic rings. The summed E-state index contributed by atoms with van der Waals surface area (Å²) in [6.07, 6.45) is 6.81. The van der Waals surface area contributed by atoms with Crippen molar-refractivity contribution in [3.63, 3.8) is 0 Å². The second kappa shape index (κ2) is 8.36. The number of nitrogens with zero attached hydrogens (tertiary/aromatic N) is 2. The highest BCUT2D eigenvalue weighted by Crippen LogP contribution is 2.36. The largest absolute Gasteiger partial charge is 0.373 e. The fourth-order valence-corrected chi connectivity index (χ4v) is 6.88. The number of rotatable bonds is 3. The van der Waals surface area contributed by atoms with Gasteiger partial charge in [0.25, 0.3) is 5.91 Å². The predicted molar refractivity (Wildman–Crippen MR) is 111 cm³/mol. The fourth-order valence-electron chi connectivity index (χ4n) is 5.29. The molecule has 4 rings (SSSR count). The Hall–Kier alpha value is -1.44. The molecule has 0 spiro atoms. The number of hydrogen-bond acceptors (Lipinski definition) is 4. The summed E-state index contributed by atoms with van der Waals surface area (Å²) in [5.74, 6) is 0.672. The smallest absolute Gasteiger partial charge is 0.254 e. The molecular formula is C22H32N2O4S. The Bertz CT molecular complexity index is 827. The zero-order valence-corrected chi connectivity index (χ0v) is 18.2. The molecule has 3 fully saturated rings. The highest BCUT2D eigenvalue weighted by Gasteiger charge is 2.36. The summed E-state index contributed by atoms with van der Waals surface area (Å²) in [5.41, 5.74) is 0.582. The summed E-state index contributed by atoms with van der Waals surface area (Å²) in [6, 6.07) is 6.86. The summed E-state index contributed by atoms with van der Waals surface area (Å²) < 4.78 is 33.2. The van der Waals surface area contributed by atoms with Crippen LogP contribution in [-0.4, -0.2) is 61.4 Å². The van der Waals surface area contributed by atoms with Crippen LogP contribution in [0.1, 0.15) is 62.7 Å². The third kappa shape index (κ3) is 4.23. The molecule has 29 heavy (non-hydrogen) atoms. The van der Waals surface area contributed by atoms with Gasteiger partial charge in [-0.25, -0.2) is 8.42 Å². The molecular weight excluding hydrogens is 388 g/mol. The predicted octanol–water partition coefficient (Wildman–Crippen LogP) is 3.28. The van der Waals surface area contributed by atoms with Gasteiger partial charge in [0.15, 0.2) is 0 Å². The number of carbonyl (C=O) groups is 1. The highest BCUT2D eigenvalue weighted by atomic mass is 32.2. The molecule has 1 amide bonds. The SMILES string of the molecule is C[C@H]1CN(S(=O)(=O)c2ccc(C(=O)N3CCC[C@H]4CCCC[C@@H]43)cc2)C[C@H](C)O1. The van der Waals surface area contributed by atoms with Crippen LogP contribution in [0.15, 0.2) is 29.2 Å². The molecule has 0 N–H and O–H groups in total. The van der Waals surface area contributed by atoms with Crippen LogP contribution >= 0.6 is 0 Å². The molecule has 2 aliphatic heterocycles. The monoisotopic (exact) mass is 420 g/mol. The van der Waals surface area contributed by atoms with Gasteiger partial charge >= 0.3 is 0 Å². The Morgan fingerprint density at radius 2 is 1.59 bits per heavy atom. The first kappa shape index (κ1) is 20.8. The van der Waals surface area contributed by atoms with Gasteiger partial charge in [-0.15, -0.1) is 0 Å². The lowest BCUT2D eigenvalue weighted by Crippen LogP contribution is -2.49. The van der Waals surface area contributed by atoms with E-state index in [1.165, 1.54) is 30.0 Å². The molecule has 0 aromatic heterocycles. The second-order valence-corrected chi connectivity index (χ2v) is 10.8. The zero-order chi connectivity index (χ0) is 20.6. The van der Waals surface area contributed by atoms with Crippen LogP contribution in [-0.2, 0) is 14.8 Å². The van der Waals surface area contributed by atoms with E-state index in [0.29, 0.717) is 30.6 Å². The van der Waals surface area contributed by atoms with E-state index in [4.69, 9.17) is 4.74 Å². The number of carbonyl (C=O) groups excluding carboxylic acids is 1. The number of hydrogen-bond donors (Lipinski definition) is 0. The van der Waals surface area contributed by atoms with Gasteiger partial charge in [-0.2, -0.15) is 4.31 Å². The number of ether oxygens (including phenoxy) is 1. The minimum atomic E-state index is -3.59. The molecule has 6 nitrogen and oxygen atoms in total. The number of morpholine rings is 1. The summed E-state index contributed by atoms with van der Waals surface area (Å²) in [7, 11) is -3.59. The van der Waals surface area contributed by atoms with Crippen molar-refractivity contribution in [2.45, 2.75) is 75.5 Å². The minimum Gasteiger partial charge on any atom is -0.373 e. The van der Waals surface area contributed by atoms with Gasteiger partial charge in [-0.05, 0) is 69.7 Å².